The van der Waals surface area contributed by atoms with Crippen molar-refractivity contribution in [3.63, 3.8) is 0 Å². The molecule has 2 N–H and O–H groups in total. The van der Waals surface area contributed by atoms with Gasteiger partial charge in [0.2, 0.25) is 0 Å². The molecule has 1 unspecified atom stereocenters. The highest BCUT2D eigenvalue weighted by atomic mass is 32.1. The van der Waals surface area contributed by atoms with Crippen LogP contribution in [0.15, 0.2) is 23.6 Å². The van der Waals surface area contributed by atoms with Gasteiger partial charge in [0, 0.05) is 17.0 Å². The van der Waals surface area contributed by atoms with Gasteiger partial charge < -0.3 is 10.5 Å². The van der Waals surface area contributed by atoms with Crippen molar-refractivity contribution in [2.45, 2.75) is 39.3 Å². The minimum Gasteiger partial charge on any atom is -0.487 e. The molecule has 3 nitrogen and oxygen atoms in total. The Kier molecular flexibility index (Phi) is 5.09. The van der Waals surface area contributed by atoms with Gasteiger partial charge in [-0.25, -0.2) is 9.37 Å². The van der Waals surface area contributed by atoms with Gasteiger partial charge in [0.1, 0.15) is 18.2 Å². The Bertz CT molecular complexity index is 569. The van der Waals surface area contributed by atoms with Crippen molar-refractivity contribution in [1.82, 2.24) is 4.98 Å². The van der Waals surface area contributed by atoms with Crippen molar-refractivity contribution >= 4 is 11.3 Å². The average Bonchev–Trinajstić information content (AvgIpc) is 2.85. The van der Waals surface area contributed by atoms with Crippen molar-refractivity contribution in [3.05, 3.63) is 45.7 Å². The normalized spacial score (nSPS) is 12.4. The molecule has 0 aliphatic heterocycles. The first-order valence-electron chi connectivity index (χ1n) is 6.71. The van der Waals surface area contributed by atoms with Crippen molar-refractivity contribution in [1.29, 1.82) is 0 Å². The second-order valence-corrected chi connectivity index (χ2v) is 5.68. The van der Waals surface area contributed by atoms with Gasteiger partial charge >= 0.3 is 0 Å². The molecule has 0 aliphatic rings. The van der Waals surface area contributed by atoms with E-state index in [1.807, 2.05) is 12.3 Å². The molecule has 0 saturated heterocycles. The van der Waals surface area contributed by atoms with Gasteiger partial charge in [-0.05, 0) is 38.0 Å². The number of ether oxygens (including phenoxy) is 1. The van der Waals surface area contributed by atoms with Gasteiger partial charge in [-0.1, -0.05) is 6.92 Å². The third-order valence-electron chi connectivity index (χ3n) is 2.90. The van der Waals surface area contributed by atoms with Gasteiger partial charge in [-0.2, -0.15) is 0 Å². The molecule has 5 heteroatoms. The fraction of sp³-hybridized carbons (Fsp3) is 0.400. The lowest BCUT2D eigenvalue weighted by Gasteiger charge is -2.13. The number of hydrogen-bond acceptors (Lipinski definition) is 4. The number of hydrogen-bond donors (Lipinski definition) is 1. The first-order valence-corrected chi connectivity index (χ1v) is 7.59. The molecule has 20 heavy (non-hydrogen) atoms. The lowest BCUT2D eigenvalue weighted by molar-refractivity contribution is 0.296. The molecule has 108 valence electrons. The van der Waals surface area contributed by atoms with Crippen LogP contribution in [0.5, 0.6) is 5.75 Å². The second kappa shape index (κ2) is 6.81. The molecular formula is C15H19FN2OS. The number of halogens is 1. The first-order chi connectivity index (χ1) is 9.60. The molecule has 0 radical (unpaired) electrons. The van der Waals surface area contributed by atoms with Crippen LogP contribution in [0, 0.1) is 5.82 Å². The highest BCUT2D eigenvalue weighted by molar-refractivity contribution is 7.09. The summed E-state index contributed by atoms with van der Waals surface area (Å²) in [5.41, 5.74) is 7.41. The van der Waals surface area contributed by atoms with Crippen LogP contribution < -0.4 is 10.5 Å². The molecule has 0 amide bonds. The number of nitrogens with two attached hydrogens (primary N) is 1. The van der Waals surface area contributed by atoms with E-state index in [1.165, 1.54) is 12.1 Å². The maximum atomic E-state index is 13.2. The van der Waals surface area contributed by atoms with E-state index in [-0.39, 0.29) is 11.9 Å². The van der Waals surface area contributed by atoms with E-state index in [4.69, 9.17) is 10.5 Å². The fourth-order valence-corrected chi connectivity index (χ4v) is 2.79. The Labute approximate surface area is 122 Å². The van der Waals surface area contributed by atoms with Crippen LogP contribution in [0.25, 0.3) is 0 Å². The highest BCUT2D eigenvalue weighted by Gasteiger charge is 2.10. The Morgan fingerprint density at radius 1 is 1.45 bits per heavy atom. The molecule has 1 heterocycles. The number of nitrogens with zero attached hydrogens (tertiary/aromatic N) is 1. The molecule has 2 rings (SSSR count). The zero-order valence-corrected chi connectivity index (χ0v) is 12.5. The predicted octanol–water partition coefficient (Wildman–Crippen LogP) is 3.83. The third-order valence-corrected chi connectivity index (χ3v) is 3.86. The number of thiazole rings is 1. The highest BCUT2D eigenvalue weighted by Crippen LogP contribution is 2.25. The SMILES string of the molecule is CCCc1nc(COc2ccc(F)cc2C(C)N)cs1. The minimum absolute atomic E-state index is 0.271. The van der Waals surface area contributed by atoms with Crippen molar-refractivity contribution in [3.8, 4) is 5.75 Å². The summed E-state index contributed by atoms with van der Waals surface area (Å²) in [7, 11) is 0. The molecular weight excluding hydrogens is 275 g/mol. The monoisotopic (exact) mass is 294 g/mol. The van der Waals surface area contributed by atoms with Crippen LogP contribution in [0.4, 0.5) is 4.39 Å². The molecule has 1 atom stereocenters. The summed E-state index contributed by atoms with van der Waals surface area (Å²) >= 11 is 1.65. The van der Waals surface area contributed by atoms with Crippen molar-refractivity contribution in [2.75, 3.05) is 0 Å². The van der Waals surface area contributed by atoms with Crippen LogP contribution in [-0.2, 0) is 13.0 Å². The molecule has 1 aromatic heterocycles. The van der Waals surface area contributed by atoms with E-state index >= 15 is 0 Å². The largest absolute Gasteiger partial charge is 0.487 e. The predicted molar refractivity (Wildman–Crippen MR) is 79.4 cm³/mol. The molecule has 0 aliphatic carbocycles. The molecule has 0 saturated carbocycles. The second-order valence-electron chi connectivity index (χ2n) is 4.74. The Balaban J connectivity index is 2.06. The maximum Gasteiger partial charge on any atom is 0.131 e. The van der Waals surface area contributed by atoms with E-state index in [0.29, 0.717) is 17.9 Å². The fourth-order valence-electron chi connectivity index (χ4n) is 1.90. The number of rotatable bonds is 6. The van der Waals surface area contributed by atoms with E-state index in [9.17, 15) is 4.39 Å². The van der Waals surface area contributed by atoms with Gasteiger partial charge in [0.15, 0.2) is 0 Å². The van der Waals surface area contributed by atoms with Crippen molar-refractivity contribution < 1.29 is 9.13 Å². The topological polar surface area (TPSA) is 48.1 Å². The molecule has 1 aromatic carbocycles. The summed E-state index contributed by atoms with van der Waals surface area (Å²) in [6, 6.07) is 4.15. The number of aromatic nitrogens is 1. The summed E-state index contributed by atoms with van der Waals surface area (Å²) in [6.45, 7) is 4.32. The third kappa shape index (κ3) is 3.77. The summed E-state index contributed by atoms with van der Waals surface area (Å²) in [5, 5.41) is 3.12. The quantitative estimate of drug-likeness (QED) is 0.880. The van der Waals surface area contributed by atoms with E-state index in [0.717, 1.165) is 23.5 Å². The van der Waals surface area contributed by atoms with E-state index < -0.39 is 0 Å². The maximum absolute atomic E-state index is 13.2. The standard InChI is InChI=1S/C15H19FN2OS/c1-3-4-15-18-12(9-20-15)8-19-14-6-5-11(16)7-13(14)10(2)17/h5-7,9-10H,3-4,8,17H2,1-2H3. The number of benzene rings is 1. The lowest BCUT2D eigenvalue weighted by atomic mass is 10.1. The van der Waals surface area contributed by atoms with Gasteiger partial charge in [0.25, 0.3) is 0 Å². The Morgan fingerprint density at radius 3 is 2.95 bits per heavy atom. The zero-order chi connectivity index (χ0) is 14.5. The van der Waals surface area contributed by atoms with Crippen molar-refractivity contribution in [2.24, 2.45) is 5.73 Å². The lowest BCUT2D eigenvalue weighted by Crippen LogP contribution is -2.08. The molecule has 0 fully saturated rings. The molecule has 2 aromatic rings. The van der Waals surface area contributed by atoms with Crippen LogP contribution in [-0.4, -0.2) is 4.98 Å². The van der Waals surface area contributed by atoms with Crippen LogP contribution >= 0.6 is 11.3 Å². The van der Waals surface area contributed by atoms with Gasteiger partial charge in [-0.15, -0.1) is 11.3 Å². The minimum atomic E-state index is -0.302. The summed E-state index contributed by atoms with van der Waals surface area (Å²) in [6.07, 6.45) is 2.08. The van der Waals surface area contributed by atoms with Gasteiger partial charge in [-0.3, -0.25) is 0 Å². The molecule has 0 bridgehead atoms. The Hall–Kier alpha value is -1.46. The Morgan fingerprint density at radius 2 is 2.25 bits per heavy atom. The molecule has 0 spiro atoms. The smallest absolute Gasteiger partial charge is 0.131 e. The first kappa shape index (κ1) is 14.9. The summed E-state index contributed by atoms with van der Waals surface area (Å²) in [5.74, 6) is 0.315. The van der Waals surface area contributed by atoms with E-state index in [2.05, 4.69) is 11.9 Å². The summed E-state index contributed by atoms with van der Waals surface area (Å²) < 4.78 is 19.0. The van der Waals surface area contributed by atoms with Crippen LogP contribution in [0.1, 0.15) is 42.6 Å². The van der Waals surface area contributed by atoms with Crippen LogP contribution in [0.3, 0.4) is 0 Å². The summed E-state index contributed by atoms with van der Waals surface area (Å²) in [4.78, 5) is 4.50. The zero-order valence-electron chi connectivity index (χ0n) is 11.7. The average molecular weight is 294 g/mol. The number of aryl methyl sites for hydroxylation is 1. The van der Waals surface area contributed by atoms with Gasteiger partial charge in [0.05, 0.1) is 10.7 Å². The van der Waals surface area contributed by atoms with Crippen LogP contribution in [0.2, 0.25) is 0 Å². The van der Waals surface area contributed by atoms with E-state index in [1.54, 1.807) is 17.4 Å².